The van der Waals surface area contributed by atoms with Gasteiger partial charge in [-0.2, -0.15) is 5.10 Å². The summed E-state index contributed by atoms with van der Waals surface area (Å²) in [7, 11) is 0. The molecule has 2 aromatic rings. The van der Waals surface area contributed by atoms with E-state index in [1.165, 1.54) is 18.6 Å². The lowest BCUT2D eigenvalue weighted by molar-refractivity contribution is 0.0899. The van der Waals surface area contributed by atoms with Crippen molar-refractivity contribution < 1.29 is 13.9 Å². The lowest BCUT2D eigenvalue weighted by Gasteiger charge is -2.35. The van der Waals surface area contributed by atoms with Crippen molar-refractivity contribution in [2.45, 2.75) is 38.3 Å². The predicted octanol–water partition coefficient (Wildman–Crippen LogP) is 2.58. The second-order valence-electron chi connectivity index (χ2n) is 7.21. The molecule has 6 nitrogen and oxygen atoms in total. The van der Waals surface area contributed by atoms with Gasteiger partial charge < -0.3 is 10.1 Å². The summed E-state index contributed by atoms with van der Waals surface area (Å²) in [6.07, 6.45) is 4.28. The van der Waals surface area contributed by atoms with Gasteiger partial charge >= 0.3 is 0 Å². The van der Waals surface area contributed by atoms with E-state index in [0.29, 0.717) is 25.5 Å². The first-order chi connectivity index (χ1) is 13.2. The molecule has 1 aromatic carbocycles. The molecule has 1 amide bonds. The highest BCUT2D eigenvalue weighted by Gasteiger charge is 2.26. The van der Waals surface area contributed by atoms with Crippen molar-refractivity contribution in [3.8, 4) is 0 Å². The van der Waals surface area contributed by atoms with Gasteiger partial charge in [0.15, 0.2) is 5.69 Å². The number of ether oxygens (including phenoxy) is 1. The zero-order chi connectivity index (χ0) is 18.6. The SMILES string of the molecule is O=C(NC[C@@H](c1ccc(F)cc1)N1CCCCC1)c1n[nH]c2c1COCC2. The smallest absolute Gasteiger partial charge is 0.272 e. The minimum absolute atomic E-state index is 0.0286. The fourth-order valence-electron chi connectivity index (χ4n) is 3.95. The van der Waals surface area contributed by atoms with Crippen molar-refractivity contribution in [1.82, 2.24) is 20.4 Å². The molecule has 0 bridgehead atoms. The van der Waals surface area contributed by atoms with Crippen molar-refractivity contribution in [3.05, 3.63) is 52.6 Å². The summed E-state index contributed by atoms with van der Waals surface area (Å²) in [5.74, 6) is -0.439. The van der Waals surface area contributed by atoms with Gasteiger partial charge in [-0.1, -0.05) is 18.6 Å². The number of likely N-dealkylation sites (tertiary alicyclic amines) is 1. The van der Waals surface area contributed by atoms with Gasteiger partial charge in [0, 0.05) is 24.2 Å². The molecule has 7 heteroatoms. The second kappa shape index (κ2) is 8.19. The third-order valence-electron chi connectivity index (χ3n) is 5.45. The summed E-state index contributed by atoms with van der Waals surface area (Å²) in [6.45, 7) is 3.51. The standard InChI is InChI=1S/C20H25FN4O2/c21-15-6-4-14(5-7-15)18(25-9-2-1-3-10-25)12-22-20(26)19-16-13-27-11-8-17(16)23-24-19/h4-7,18H,1-3,8-13H2,(H,22,26)(H,23,24)/t18-/m0/s1. The number of carbonyl (C=O) groups excluding carboxylic acids is 1. The van der Waals surface area contributed by atoms with Crippen LogP contribution >= 0.6 is 0 Å². The average molecular weight is 372 g/mol. The molecule has 27 heavy (non-hydrogen) atoms. The van der Waals surface area contributed by atoms with Crippen LogP contribution in [0.2, 0.25) is 0 Å². The van der Waals surface area contributed by atoms with Crippen molar-refractivity contribution in [1.29, 1.82) is 0 Å². The molecule has 1 aromatic heterocycles. The molecule has 144 valence electrons. The summed E-state index contributed by atoms with van der Waals surface area (Å²) in [5.41, 5.74) is 3.28. The third kappa shape index (κ3) is 4.04. The number of H-pyrrole nitrogens is 1. The first-order valence-corrected chi connectivity index (χ1v) is 9.64. The van der Waals surface area contributed by atoms with Crippen LogP contribution in [0.4, 0.5) is 4.39 Å². The molecule has 2 aliphatic heterocycles. The van der Waals surface area contributed by atoms with Crippen LogP contribution < -0.4 is 5.32 Å². The van der Waals surface area contributed by atoms with Crippen LogP contribution in [-0.2, 0) is 17.8 Å². The highest BCUT2D eigenvalue weighted by atomic mass is 19.1. The third-order valence-corrected chi connectivity index (χ3v) is 5.45. The van der Waals surface area contributed by atoms with Gasteiger partial charge in [0.2, 0.25) is 0 Å². The Morgan fingerprint density at radius 2 is 2.04 bits per heavy atom. The van der Waals surface area contributed by atoms with E-state index in [-0.39, 0.29) is 17.8 Å². The maximum atomic E-state index is 13.3. The molecule has 2 aliphatic rings. The Labute approximate surface area is 158 Å². The highest BCUT2D eigenvalue weighted by molar-refractivity contribution is 5.94. The van der Waals surface area contributed by atoms with Crippen LogP contribution in [0, 0.1) is 5.82 Å². The van der Waals surface area contributed by atoms with Crippen molar-refractivity contribution in [2.24, 2.45) is 0 Å². The van der Waals surface area contributed by atoms with Gasteiger partial charge in [0.1, 0.15) is 5.82 Å². The zero-order valence-corrected chi connectivity index (χ0v) is 15.3. The molecule has 4 rings (SSSR count). The minimum atomic E-state index is -0.247. The number of piperidine rings is 1. The largest absolute Gasteiger partial charge is 0.376 e. The van der Waals surface area contributed by atoms with Gasteiger partial charge in [-0.05, 0) is 43.6 Å². The van der Waals surface area contributed by atoms with Gasteiger partial charge in [0.05, 0.1) is 19.3 Å². The highest BCUT2D eigenvalue weighted by Crippen LogP contribution is 2.25. The molecular weight excluding hydrogens is 347 g/mol. The summed E-state index contributed by atoms with van der Waals surface area (Å²) in [5, 5.41) is 10.2. The monoisotopic (exact) mass is 372 g/mol. The summed E-state index contributed by atoms with van der Waals surface area (Å²) >= 11 is 0. The zero-order valence-electron chi connectivity index (χ0n) is 15.3. The van der Waals surface area contributed by atoms with Crippen LogP contribution in [0.3, 0.4) is 0 Å². The van der Waals surface area contributed by atoms with Gasteiger partial charge in [0.25, 0.3) is 5.91 Å². The van der Waals surface area contributed by atoms with E-state index in [0.717, 1.165) is 49.2 Å². The predicted molar refractivity (Wildman–Crippen MR) is 98.8 cm³/mol. The van der Waals surface area contributed by atoms with Gasteiger partial charge in [-0.15, -0.1) is 0 Å². The fraction of sp³-hybridized carbons (Fsp3) is 0.500. The number of carbonyl (C=O) groups is 1. The van der Waals surface area contributed by atoms with Crippen molar-refractivity contribution in [3.63, 3.8) is 0 Å². The molecular formula is C20H25FN4O2. The Morgan fingerprint density at radius 1 is 1.26 bits per heavy atom. The maximum absolute atomic E-state index is 13.3. The number of hydrogen-bond acceptors (Lipinski definition) is 4. The number of benzene rings is 1. The number of aromatic nitrogens is 2. The Morgan fingerprint density at radius 3 is 2.81 bits per heavy atom. The molecule has 0 radical (unpaired) electrons. The number of hydrogen-bond donors (Lipinski definition) is 2. The molecule has 0 saturated carbocycles. The molecule has 3 heterocycles. The van der Waals surface area contributed by atoms with Crippen molar-refractivity contribution in [2.75, 3.05) is 26.2 Å². The topological polar surface area (TPSA) is 70.2 Å². The molecule has 1 atom stereocenters. The quantitative estimate of drug-likeness (QED) is 0.846. The summed E-state index contributed by atoms with van der Waals surface area (Å²) in [6, 6.07) is 6.61. The molecule has 0 unspecified atom stereocenters. The first kappa shape index (κ1) is 18.1. The number of fused-ring (bicyclic) bond motifs is 1. The number of amides is 1. The number of aromatic amines is 1. The molecule has 0 aliphatic carbocycles. The maximum Gasteiger partial charge on any atom is 0.272 e. The lowest BCUT2D eigenvalue weighted by atomic mass is 10.0. The van der Waals surface area contributed by atoms with Crippen LogP contribution in [0.15, 0.2) is 24.3 Å². The van der Waals surface area contributed by atoms with E-state index in [1.54, 1.807) is 0 Å². The first-order valence-electron chi connectivity index (χ1n) is 9.64. The lowest BCUT2D eigenvalue weighted by Crippen LogP contribution is -2.41. The van der Waals surface area contributed by atoms with E-state index < -0.39 is 0 Å². The van der Waals surface area contributed by atoms with Crippen LogP contribution in [-0.4, -0.2) is 47.2 Å². The number of rotatable bonds is 5. The van der Waals surface area contributed by atoms with Gasteiger partial charge in [-0.25, -0.2) is 4.39 Å². The normalized spacial score (nSPS) is 18.7. The Bertz CT molecular complexity index is 784. The van der Waals surface area contributed by atoms with Crippen LogP contribution in [0.25, 0.3) is 0 Å². The second-order valence-corrected chi connectivity index (χ2v) is 7.21. The average Bonchev–Trinajstić information content (AvgIpc) is 3.14. The fourth-order valence-corrected chi connectivity index (χ4v) is 3.95. The molecule has 0 spiro atoms. The van der Waals surface area contributed by atoms with E-state index in [4.69, 9.17) is 4.74 Å². The number of nitrogens with one attached hydrogen (secondary N) is 2. The molecule has 1 fully saturated rings. The summed E-state index contributed by atoms with van der Waals surface area (Å²) < 4.78 is 18.8. The Kier molecular flexibility index (Phi) is 5.50. The summed E-state index contributed by atoms with van der Waals surface area (Å²) in [4.78, 5) is 15.1. The molecule has 2 N–H and O–H groups in total. The van der Waals surface area contributed by atoms with Crippen molar-refractivity contribution >= 4 is 5.91 Å². The van der Waals surface area contributed by atoms with E-state index >= 15 is 0 Å². The number of halogens is 1. The van der Waals surface area contributed by atoms with Gasteiger partial charge in [-0.3, -0.25) is 14.8 Å². The van der Waals surface area contributed by atoms with E-state index in [9.17, 15) is 9.18 Å². The van der Waals surface area contributed by atoms with E-state index in [1.807, 2.05) is 12.1 Å². The Hall–Kier alpha value is -2.25. The Balaban J connectivity index is 1.48. The van der Waals surface area contributed by atoms with Crippen LogP contribution in [0.1, 0.15) is 52.6 Å². The molecule has 1 saturated heterocycles. The number of nitrogens with zero attached hydrogens (tertiary/aromatic N) is 2. The van der Waals surface area contributed by atoms with Crippen LogP contribution in [0.5, 0.6) is 0 Å². The van der Waals surface area contributed by atoms with E-state index in [2.05, 4.69) is 20.4 Å². The minimum Gasteiger partial charge on any atom is -0.376 e.